The van der Waals surface area contributed by atoms with Gasteiger partial charge in [-0.25, -0.2) is 0 Å². The molecule has 2 aliphatic heterocycles. The minimum atomic E-state index is -1.57. The molecular weight excluding hydrogens is 464 g/mol. The van der Waals surface area contributed by atoms with Crippen LogP contribution in [-0.2, 0) is 0 Å². The van der Waals surface area contributed by atoms with E-state index >= 15 is 0 Å². The molecule has 5 rings (SSSR count). The van der Waals surface area contributed by atoms with Gasteiger partial charge < -0.3 is 14.4 Å². The van der Waals surface area contributed by atoms with Gasteiger partial charge in [0.25, 0.3) is 0 Å². The van der Waals surface area contributed by atoms with E-state index in [4.69, 9.17) is 9.47 Å². The number of hydrogen-bond acceptors (Lipinski definition) is 7. The second-order valence-corrected chi connectivity index (χ2v) is 8.93. The molecule has 0 N–H and O–H groups in total. The summed E-state index contributed by atoms with van der Waals surface area (Å²) < 4.78 is 11.7. The van der Waals surface area contributed by atoms with Crippen molar-refractivity contribution in [2.75, 3.05) is 18.1 Å². The Hall–Kier alpha value is -4.62. The number of anilines is 1. The fraction of sp³-hybridized carbons (Fsp3) is 0.267. The minimum Gasteiger partial charge on any atom is -0.494 e. The van der Waals surface area contributed by atoms with Crippen LogP contribution in [0.1, 0.15) is 41.4 Å². The van der Waals surface area contributed by atoms with Crippen LogP contribution >= 0.6 is 0 Å². The Bertz CT molecular complexity index is 1420. The third-order valence-electron chi connectivity index (χ3n) is 7.03. The second kappa shape index (κ2) is 9.79. The van der Waals surface area contributed by atoms with Crippen LogP contribution in [0.2, 0.25) is 0 Å². The van der Waals surface area contributed by atoms with E-state index in [2.05, 4.69) is 17.1 Å². The summed E-state index contributed by atoms with van der Waals surface area (Å²) in [5, 5.41) is 21.3. The number of hydrogen-bond donors (Lipinski definition) is 0. The quantitative estimate of drug-likeness (QED) is 0.422. The van der Waals surface area contributed by atoms with Gasteiger partial charge in [0.2, 0.25) is 0 Å². The van der Waals surface area contributed by atoms with Crippen molar-refractivity contribution in [1.82, 2.24) is 4.98 Å². The molecule has 0 spiro atoms. The second-order valence-electron chi connectivity index (χ2n) is 8.93. The molecule has 2 aliphatic rings. The largest absolute Gasteiger partial charge is 0.494 e. The molecule has 0 aliphatic carbocycles. The van der Waals surface area contributed by atoms with Gasteiger partial charge in [-0.15, -0.1) is 0 Å². The van der Waals surface area contributed by atoms with E-state index in [1.807, 2.05) is 61.2 Å². The zero-order chi connectivity index (χ0) is 26.0. The van der Waals surface area contributed by atoms with E-state index in [1.54, 1.807) is 36.5 Å². The van der Waals surface area contributed by atoms with Crippen molar-refractivity contribution in [3.63, 3.8) is 0 Å². The molecule has 3 heterocycles. The smallest absolute Gasteiger partial charge is 0.185 e. The van der Waals surface area contributed by atoms with Gasteiger partial charge in [-0.05, 0) is 38.1 Å². The summed E-state index contributed by atoms with van der Waals surface area (Å²) in [6.07, 6.45) is 5.34. The number of benzene rings is 2. The normalized spacial score (nSPS) is 20.8. The van der Waals surface area contributed by atoms with Gasteiger partial charge in [0.15, 0.2) is 11.2 Å². The number of Topliss-reactive ketones (excluding diaryl/α,β-unsaturated/α-hetero) is 1. The zero-order valence-electron chi connectivity index (χ0n) is 20.7. The summed E-state index contributed by atoms with van der Waals surface area (Å²) in [6, 6.07) is 21.2. The third-order valence-corrected chi connectivity index (χ3v) is 7.03. The molecule has 7 nitrogen and oxygen atoms in total. The number of carbonyl (C=O) groups is 1. The predicted octanol–water partition coefficient (Wildman–Crippen LogP) is 5.16. The fourth-order valence-electron chi connectivity index (χ4n) is 5.54. The van der Waals surface area contributed by atoms with Crippen molar-refractivity contribution in [2.24, 2.45) is 5.41 Å². The molecule has 0 bridgehead atoms. The first kappa shape index (κ1) is 24.1. The van der Waals surface area contributed by atoms with Crippen molar-refractivity contribution in [1.29, 1.82) is 10.5 Å². The monoisotopic (exact) mass is 490 g/mol. The highest BCUT2D eigenvalue weighted by molar-refractivity contribution is 6.04. The van der Waals surface area contributed by atoms with E-state index < -0.39 is 23.4 Å². The number of nitriles is 2. The number of ether oxygens (including phenoxy) is 2. The lowest BCUT2D eigenvalue weighted by Crippen LogP contribution is -2.44. The molecule has 184 valence electrons. The molecule has 2 aromatic carbocycles. The molecule has 0 unspecified atom stereocenters. The first-order valence-corrected chi connectivity index (χ1v) is 12.3. The minimum absolute atomic E-state index is 0.176. The summed E-state index contributed by atoms with van der Waals surface area (Å²) in [5.41, 5.74) is 0.957. The highest BCUT2D eigenvalue weighted by atomic mass is 16.5. The Morgan fingerprint density at radius 1 is 1.03 bits per heavy atom. The van der Waals surface area contributed by atoms with E-state index in [0.717, 1.165) is 0 Å². The maximum atomic E-state index is 14.3. The van der Waals surface area contributed by atoms with Crippen molar-refractivity contribution >= 4 is 17.5 Å². The Labute approximate surface area is 216 Å². The molecule has 3 atom stereocenters. The standard InChI is InChI=1S/C30H26N4O3/c1-3-36-21-12-13-22(25(17-21)37-4-2)27-28(29(35)20-9-6-5-7-10-20)34-24-11-8-16-33-23(24)14-15-26(34)30(27,18-31)19-32/h5-17,26-28H,3-4H2,1-2H3/t26-,27-,28+/m1/s1. The topological polar surface area (TPSA) is 99.2 Å². The summed E-state index contributed by atoms with van der Waals surface area (Å²) in [4.78, 5) is 20.7. The number of aromatic nitrogens is 1. The maximum absolute atomic E-state index is 14.3. The predicted molar refractivity (Wildman–Crippen MR) is 139 cm³/mol. The summed E-state index contributed by atoms with van der Waals surface area (Å²) >= 11 is 0. The zero-order valence-corrected chi connectivity index (χ0v) is 20.7. The maximum Gasteiger partial charge on any atom is 0.185 e. The van der Waals surface area contributed by atoms with E-state index in [-0.39, 0.29) is 5.78 Å². The van der Waals surface area contributed by atoms with Crippen LogP contribution in [0, 0.1) is 28.1 Å². The van der Waals surface area contributed by atoms with Crippen molar-refractivity contribution in [3.8, 4) is 23.6 Å². The van der Waals surface area contributed by atoms with Crippen LogP contribution in [0.5, 0.6) is 11.5 Å². The van der Waals surface area contributed by atoms with Crippen LogP contribution in [0.4, 0.5) is 5.69 Å². The van der Waals surface area contributed by atoms with Crippen LogP contribution < -0.4 is 14.4 Å². The van der Waals surface area contributed by atoms with Gasteiger partial charge >= 0.3 is 0 Å². The highest BCUT2D eigenvalue weighted by Gasteiger charge is 2.64. The van der Waals surface area contributed by atoms with Crippen LogP contribution in [-0.4, -0.2) is 36.1 Å². The number of ketones is 1. The van der Waals surface area contributed by atoms with Gasteiger partial charge in [0, 0.05) is 29.3 Å². The Morgan fingerprint density at radius 3 is 2.49 bits per heavy atom. The third kappa shape index (κ3) is 3.80. The number of fused-ring (bicyclic) bond motifs is 3. The number of rotatable bonds is 7. The molecule has 1 saturated heterocycles. The van der Waals surface area contributed by atoms with Crippen LogP contribution in [0.3, 0.4) is 0 Å². The molecule has 0 amide bonds. The van der Waals surface area contributed by atoms with E-state index in [0.29, 0.717) is 47.2 Å². The number of pyridine rings is 1. The Morgan fingerprint density at radius 2 is 1.78 bits per heavy atom. The van der Waals surface area contributed by atoms with Crippen LogP contribution in [0.15, 0.2) is 72.9 Å². The van der Waals surface area contributed by atoms with Gasteiger partial charge in [-0.2, -0.15) is 10.5 Å². The lowest BCUT2D eigenvalue weighted by Gasteiger charge is -2.34. The van der Waals surface area contributed by atoms with Gasteiger partial charge in [-0.1, -0.05) is 42.5 Å². The number of nitrogens with zero attached hydrogens (tertiary/aromatic N) is 4. The molecule has 0 radical (unpaired) electrons. The molecule has 37 heavy (non-hydrogen) atoms. The number of carbonyl (C=O) groups excluding carboxylic acids is 1. The van der Waals surface area contributed by atoms with Gasteiger partial charge in [0.05, 0.1) is 42.8 Å². The first-order valence-electron chi connectivity index (χ1n) is 12.3. The average Bonchev–Trinajstić information content (AvgIpc) is 3.24. The summed E-state index contributed by atoms with van der Waals surface area (Å²) in [5.74, 6) is 0.123. The average molecular weight is 491 g/mol. The van der Waals surface area contributed by atoms with Gasteiger partial charge in [-0.3, -0.25) is 9.78 Å². The molecule has 1 fully saturated rings. The SMILES string of the molecule is CCOc1ccc([C@@H]2[C@@H](C(=O)c3ccccc3)N3c4cccnc4C=C[C@@H]3C2(C#N)C#N)c(OCC)c1. The van der Waals surface area contributed by atoms with Crippen molar-refractivity contribution in [2.45, 2.75) is 31.8 Å². The Balaban J connectivity index is 1.79. The lowest BCUT2D eigenvalue weighted by atomic mass is 9.69. The van der Waals surface area contributed by atoms with Crippen molar-refractivity contribution in [3.05, 3.63) is 89.8 Å². The highest BCUT2D eigenvalue weighted by Crippen LogP contribution is 2.57. The molecule has 1 aromatic heterocycles. The molecular formula is C30H26N4O3. The lowest BCUT2D eigenvalue weighted by molar-refractivity contribution is 0.0950. The first-order chi connectivity index (χ1) is 18.1. The summed E-state index contributed by atoms with van der Waals surface area (Å²) in [7, 11) is 0. The van der Waals surface area contributed by atoms with E-state index in [1.165, 1.54) is 0 Å². The van der Waals surface area contributed by atoms with Crippen molar-refractivity contribution < 1.29 is 14.3 Å². The molecule has 0 saturated carbocycles. The molecule has 3 aromatic rings. The van der Waals surface area contributed by atoms with Gasteiger partial charge in [0.1, 0.15) is 17.5 Å². The molecule has 7 heteroatoms. The summed E-state index contributed by atoms with van der Waals surface area (Å²) in [6.45, 7) is 4.62. The van der Waals surface area contributed by atoms with E-state index in [9.17, 15) is 15.3 Å². The van der Waals surface area contributed by atoms with Crippen LogP contribution in [0.25, 0.3) is 6.08 Å². The fourth-order valence-corrected chi connectivity index (χ4v) is 5.54. The Kier molecular flexibility index (Phi) is 6.38.